The highest BCUT2D eigenvalue weighted by Crippen LogP contribution is 2.21. The predicted molar refractivity (Wildman–Crippen MR) is 105 cm³/mol. The van der Waals surface area contributed by atoms with E-state index in [1.54, 1.807) is 18.7 Å². The van der Waals surface area contributed by atoms with Crippen molar-refractivity contribution in [1.82, 2.24) is 24.9 Å². The molecule has 148 valence electrons. The highest BCUT2D eigenvalue weighted by Gasteiger charge is 2.22. The number of hydrogen-bond donors (Lipinski definition) is 2. The van der Waals surface area contributed by atoms with E-state index in [-0.39, 0.29) is 17.7 Å². The molecule has 0 aliphatic rings. The van der Waals surface area contributed by atoms with Crippen LogP contribution in [0.5, 0.6) is 0 Å². The smallest absolute Gasteiger partial charge is 0.271 e. The Morgan fingerprint density at radius 3 is 2.48 bits per heavy atom. The van der Waals surface area contributed by atoms with Crippen LogP contribution in [0.15, 0.2) is 6.20 Å². The number of hydrogen-bond acceptors (Lipinski definition) is 4. The van der Waals surface area contributed by atoms with Gasteiger partial charge in [-0.05, 0) is 19.8 Å². The van der Waals surface area contributed by atoms with E-state index in [1.165, 1.54) is 10.9 Å². The Balaban J connectivity index is 2.09. The number of anilines is 1. The molecule has 8 nitrogen and oxygen atoms in total. The molecule has 2 amide bonds. The monoisotopic (exact) mass is 394 g/mol. The fraction of sp³-hybridized carbons (Fsp3) is 0.556. The normalized spacial score (nSPS) is 12.3. The van der Waals surface area contributed by atoms with Crippen molar-refractivity contribution in [3.8, 4) is 0 Å². The molecule has 9 heteroatoms. The summed E-state index contributed by atoms with van der Waals surface area (Å²) in [4.78, 5) is 25.0. The van der Waals surface area contributed by atoms with Gasteiger partial charge in [-0.2, -0.15) is 10.2 Å². The first-order valence-electron chi connectivity index (χ1n) is 8.92. The molecule has 0 saturated carbocycles. The van der Waals surface area contributed by atoms with Crippen molar-refractivity contribution in [2.75, 3.05) is 11.9 Å². The quantitative estimate of drug-likeness (QED) is 0.754. The van der Waals surface area contributed by atoms with Crippen molar-refractivity contribution in [3.05, 3.63) is 28.3 Å². The Hall–Kier alpha value is -2.35. The van der Waals surface area contributed by atoms with Crippen LogP contribution in [0, 0.1) is 25.7 Å². The molecule has 0 radical (unpaired) electrons. The number of nitrogens with zero attached hydrogens (tertiary/aromatic N) is 4. The van der Waals surface area contributed by atoms with Gasteiger partial charge in [0.2, 0.25) is 5.91 Å². The van der Waals surface area contributed by atoms with Gasteiger partial charge in [-0.1, -0.05) is 32.4 Å². The third kappa shape index (κ3) is 4.88. The van der Waals surface area contributed by atoms with Crippen LogP contribution < -0.4 is 10.6 Å². The molecule has 2 N–H and O–H groups in total. The van der Waals surface area contributed by atoms with Gasteiger partial charge in [-0.25, -0.2) is 0 Å². The Bertz CT molecular complexity index is 839. The molecule has 1 atom stereocenters. The van der Waals surface area contributed by atoms with Crippen molar-refractivity contribution in [2.45, 2.75) is 41.2 Å². The Labute approximate surface area is 164 Å². The molecule has 0 aliphatic heterocycles. The van der Waals surface area contributed by atoms with Crippen LogP contribution in [-0.4, -0.2) is 37.9 Å². The molecule has 27 heavy (non-hydrogen) atoms. The highest BCUT2D eigenvalue weighted by atomic mass is 35.5. The van der Waals surface area contributed by atoms with Crippen molar-refractivity contribution < 1.29 is 9.59 Å². The maximum absolute atomic E-state index is 12.6. The van der Waals surface area contributed by atoms with E-state index in [0.29, 0.717) is 35.4 Å². The molecule has 2 heterocycles. The molecular weight excluding hydrogens is 368 g/mol. The van der Waals surface area contributed by atoms with E-state index in [9.17, 15) is 9.59 Å². The summed E-state index contributed by atoms with van der Waals surface area (Å²) in [6.45, 7) is 10.5. The molecule has 2 aromatic heterocycles. The Morgan fingerprint density at radius 1 is 1.26 bits per heavy atom. The van der Waals surface area contributed by atoms with E-state index in [0.717, 1.165) is 11.4 Å². The van der Waals surface area contributed by atoms with E-state index < -0.39 is 0 Å². The van der Waals surface area contributed by atoms with Gasteiger partial charge in [0.1, 0.15) is 5.69 Å². The minimum absolute atomic E-state index is 0.218. The van der Waals surface area contributed by atoms with Crippen molar-refractivity contribution in [2.24, 2.45) is 18.9 Å². The van der Waals surface area contributed by atoms with Gasteiger partial charge >= 0.3 is 0 Å². The minimum atomic E-state index is -0.370. The van der Waals surface area contributed by atoms with Gasteiger partial charge in [0, 0.05) is 13.6 Å². The zero-order chi connectivity index (χ0) is 20.3. The largest absolute Gasteiger partial charge is 0.350 e. The maximum atomic E-state index is 12.6. The standard InChI is InChI=1S/C18H27ClN6O2/c1-10(2)7-20-18(27)16-14(8-21-24(16)6)22-17(26)11(3)9-25-13(5)15(19)12(4)23-25/h8,10-11H,7,9H2,1-6H3,(H,20,27)(H,22,26). The maximum Gasteiger partial charge on any atom is 0.271 e. The second-order valence-electron chi connectivity index (χ2n) is 7.19. The van der Waals surface area contributed by atoms with Crippen LogP contribution in [0.2, 0.25) is 5.02 Å². The second kappa shape index (κ2) is 8.56. The summed E-state index contributed by atoms with van der Waals surface area (Å²) in [6.07, 6.45) is 1.48. The van der Waals surface area contributed by atoms with Gasteiger partial charge in [-0.3, -0.25) is 19.0 Å². The van der Waals surface area contributed by atoms with E-state index in [2.05, 4.69) is 20.8 Å². The fourth-order valence-electron chi connectivity index (χ4n) is 2.63. The van der Waals surface area contributed by atoms with Crippen molar-refractivity contribution >= 4 is 29.1 Å². The topological polar surface area (TPSA) is 93.8 Å². The molecule has 0 aromatic carbocycles. The molecule has 0 aliphatic carbocycles. The lowest BCUT2D eigenvalue weighted by Crippen LogP contribution is -2.31. The van der Waals surface area contributed by atoms with Crippen LogP contribution in [0.1, 0.15) is 42.6 Å². The average Bonchev–Trinajstić information content (AvgIpc) is 3.07. The van der Waals surface area contributed by atoms with Gasteiger partial charge in [0.15, 0.2) is 0 Å². The zero-order valence-corrected chi connectivity index (χ0v) is 17.4. The summed E-state index contributed by atoms with van der Waals surface area (Å²) in [5.41, 5.74) is 2.27. The third-order valence-corrected chi connectivity index (χ3v) is 4.82. The van der Waals surface area contributed by atoms with Crippen LogP contribution in [-0.2, 0) is 18.4 Å². The van der Waals surface area contributed by atoms with E-state index in [4.69, 9.17) is 11.6 Å². The SMILES string of the molecule is Cc1nn(CC(C)C(=O)Nc2cnn(C)c2C(=O)NCC(C)C)c(C)c1Cl. The lowest BCUT2D eigenvalue weighted by molar-refractivity contribution is -0.119. The van der Waals surface area contributed by atoms with Crippen LogP contribution >= 0.6 is 11.6 Å². The zero-order valence-electron chi connectivity index (χ0n) is 16.6. The summed E-state index contributed by atoms with van der Waals surface area (Å²) >= 11 is 6.16. The first kappa shape index (κ1) is 21.0. The summed E-state index contributed by atoms with van der Waals surface area (Å²) < 4.78 is 3.18. The summed E-state index contributed by atoms with van der Waals surface area (Å²) in [5, 5.41) is 14.7. The number of carbonyl (C=O) groups is 2. The molecule has 2 rings (SSSR count). The molecule has 0 fully saturated rings. The lowest BCUT2D eigenvalue weighted by Gasteiger charge is -2.14. The van der Waals surface area contributed by atoms with E-state index >= 15 is 0 Å². The second-order valence-corrected chi connectivity index (χ2v) is 7.57. The van der Waals surface area contributed by atoms with Gasteiger partial charge in [0.05, 0.1) is 40.8 Å². The minimum Gasteiger partial charge on any atom is -0.350 e. The third-order valence-electron chi connectivity index (χ3n) is 4.27. The van der Waals surface area contributed by atoms with Crippen LogP contribution in [0.3, 0.4) is 0 Å². The van der Waals surface area contributed by atoms with Gasteiger partial charge in [0.25, 0.3) is 5.91 Å². The fourth-order valence-corrected chi connectivity index (χ4v) is 2.77. The number of rotatable bonds is 7. The molecule has 0 saturated heterocycles. The van der Waals surface area contributed by atoms with Crippen LogP contribution in [0.4, 0.5) is 5.69 Å². The predicted octanol–water partition coefficient (Wildman–Crippen LogP) is 2.55. The number of carbonyl (C=O) groups excluding carboxylic acids is 2. The van der Waals surface area contributed by atoms with Crippen molar-refractivity contribution in [1.29, 1.82) is 0 Å². The van der Waals surface area contributed by atoms with Gasteiger partial charge < -0.3 is 10.6 Å². The number of amides is 2. The molecule has 2 aromatic rings. The molecular formula is C18H27ClN6O2. The van der Waals surface area contributed by atoms with Gasteiger partial charge in [-0.15, -0.1) is 0 Å². The summed E-state index contributed by atoms with van der Waals surface area (Å²) in [5.74, 6) is -0.528. The molecule has 0 bridgehead atoms. The molecule has 0 spiro atoms. The number of aryl methyl sites for hydroxylation is 2. The van der Waals surface area contributed by atoms with Crippen molar-refractivity contribution in [3.63, 3.8) is 0 Å². The lowest BCUT2D eigenvalue weighted by atomic mass is 10.1. The number of aromatic nitrogens is 4. The Morgan fingerprint density at radius 2 is 1.93 bits per heavy atom. The first-order chi connectivity index (χ1) is 12.6. The summed E-state index contributed by atoms with van der Waals surface area (Å²) in [6, 6.07) is 0. The summed E-state index contributed by atoms with van der Waals surface area (Å²) in [7, 11) is 1.67. The Kier molecular flexibility index (Phi) is 6.64. The van der Waals surface area contributed by atoms with E-state index in [1.807, 2.05) is 27.7 Å². The van der Waals surface area contributed by atoms with Crippen LogP contribution in [0.25, 0.3) is 0 Å². The molecule has 1 unspecified atom stereocenters. The average molecular weight is 395 g/mol. The number of halogens is 1. The highest BCUT2D eigenvalue weighted by molar-refractivity contribution is 6.31. The number of nitrogens with one attached hydrogen (secondary N) is 2. The first-order valence-corrected chi connectivity index (χ1v) is 9.30.